The van der Waals surface area contributed by atoms with Crippen LogP contribution in [0.3, 0.4) is 0 Å². The first-order valence-corrected chi connectivity index (χ1v) is 10.2. The maximum absolute atomic E-state index is 13.2. The number of carbonyl (C=O) groups is 1. The van der Waals surface area contributed by atoms with E-state index in [9.17, 15) is 9.59 Å². The van der Waals surface area contributed by atoms with E-state index in [-0.39, 0.29) is 18.0 Å². The molecule has 33 heavy (non-hydrogen) atoms. The Morgan fingerprint density at radius 1 is 1.09 bits per heavy atom. The van der Waals surface area contributed by atoms with Crippen molar-refractivity contribution in [2.24, 2.45) is 0 Å². The van der Waals surface area contributed by atoms with E-state index in [0.717, 1.165) is 0 Å². The van der Waals surface area contributed by atoms with Crippen LogP contribution in [0.5, 0.6) is 11.5 Å². The molecule has 1 aliphatic heterocycles. The Kier molecular flexibility index (Phi) is 5.33. The van der Waals surface area contributed by atoms with Crippen LogP contribution in [0, 0.1) is 0 Å². The summed E-state index contributed by atoms with van der Waals surface area (Å²) in [7, 11) is 0. The standard InChI is InChI=1S/C23H20N6O4/c24-19-12-16(8-9-25-19)33-17-6-7-20(26-13-17)27-22(30)21-18-14-32-11-10-28(18)29(23(21)31)15-4-2-1-3-5-15/h1-9,12-13H,10-11,14H2,(H2,24,25)(H,26,27,30). The first-order valence-electron chi connectivity index (χ1n) is 10.2. The molecule has 5 rings (SSSR count). The van der Waals surface area contributed by atoms with Gasteiger partial charge in [0.15, 0.2) is 0 Å². The highest BCUT2D eigenvalue weighted by molar-refractivity contribution is 6.04. The van der Waals surface area contributed by atoms with Crippen LogP contribution < -0.4 is 21.3 Å². The van der Waals surface area contributed by atoms with Crippen LogP contribution >= 0.6 is 0 Å². The number of benzene rings is 1. The number of ether oxygens (including phenoxy) is 2. The van der Waals surface area contributed by atoms with E-state index < -0.39 is 11.5 Å². The number of amides is 1. The molecule has 1 amide bonds. The number of nitrogens with zero attached hydrogens (tertiary/aromatic N) is 4. The topological polar surface area (TPSA) is 126 Å². The summed E-state index contributed by atoms with van der Waals surface area (Å²) in [5.74, 6) is 1.05. The molecule has 0 atom stereocenters. The van der Waals surface area contributed by atoms with E-state index in [1.165, 1.54) is 17.1 Å². The van der Waals surface area contributed by atoms with Gasteiger partial charge in [0.25, 0.3) is 11.5 Å². The smallest absolute Gasteiger partial charge is 0.284 e. The van der Waals surface area contributed by atoms with Gasteiger partial charge in [0, 0.05) is 12.3 Å². The van der Waals surface area contributed by atoms with Crippen LogP contribution in [0.15, 0.2) is 71.8 Å². The molecule has 10 nitrogen and oxygen atoms in total. The Morgan fingerprint density at radius 2 is 1.94 bits per heavy atom. The van der Waals surface area contributed by atoms with Crippen LogP contribution in [0.25, 0.3) is 5.69 Å². The molecule has 0 saturated heterocycles. The molecule has 0 bridgehead atoms. The Hall–Kier alpha value is -4.44. The summed E-state index contributed by atoms with van der Waals surface area (Å²) >= 11 is 0. The van der Waals surface area contributed by atoms with Crippen molar-refractivity contribution in [2.75, 3.05) is 17.7 Å². The number of hydrogen-bond acceptors (Lipinski definition) is 7. The SMILES string of the molecule is Nc1cc(Oc2ccc(NC(=O)c3c4n(n(-c5ccccc5)c3=O)CCOC4)nc2)ccn1. The summed E-state index contributed by atoms with van der Waals surface area (Å²) < 4.78 is 14.5. The minimum absolute atomic E-state index is 0.0351. The highest BCUT2D eigenvalue weighted by Gasteiger charge is 2.28. The predicted octanol–water partition coefficient (Wildman–Crippen LogP) is 2.59. The van der Waals surface area contributed by atoms with E-state index in [4.69, 9.17) is 15.2 Å². The van der Waals surface area contributed by atoms with Gasteiger partial charge in [-0.2, -0.15) is 0 Å². The molecule has 1 aliphatic rings. The summed E-state index contributed by atoms with van der Waals surface area (Å²) in [6.07, 6.45) is 3.00. The van der Waals surface area contributed by atoms with Crippen LogP contribution in [0.2, 0.25) is 0 Å². The van der Waals surface area contributed by atoms with Gasteiger partial charge >= 0.3 is 0 Å². The van der Waals surface area contributed by atoms with E-state index in [2.05, 4.69) is 15.3 Å². The zero-order valence-electron chi connectivity index (χ0n) is 17.5. The van der Waals surface area contributed by atoms with Gasteiger partial charge < -0.3 is 20.5 Å². The Labute approximate surface area is 188 Å². The summed E-state index contributed by atoms with van der Waals surface area (Å²) in [4.78, 5) is 34.5. The van der Waals surface area contributed by atoms with Crippen molar-refractivity contribution in [1.82, 2.24) is 19.3 Å². The average molecular weight is 444 g/mol. The molecule has 1 aromatic carbocycles. The number of nitrogens with one attached hydrogen (secondary N) is 1. The molecule has 0 spiro atoms. The van der Waals surface area contributed by atoms with E-state index in [1.54, 1.807) is 28.9 Å². The first kappa shape index (κ1) is 20.5. The molecule has 0 radical (unpaired) electrons. The summed E-state index contributed by atoms with van der Waals surface area (Å²) in [6.45, 7) is 1.10. The third-order valence-corrected chi connectivity index (χ3v) is 5.13. The molecule has 0 saturated carbocycles. The lowest BCUT2D eigenvalue weighted by Crippen LogP contribution is -2.26. The van der Waals surface area contributed by atoms with Gasteiger partial charge in [0.1, 0.15) is 28.7 Å². The minimum Gasteiger partial charge on any atom is -0.456 e. The van der Waals surface area contributed by atoms with Crippen molar-refractivity contribution in [3.63, 3.8) is 0 Å². The normalized spacial score (nSPS) is 12.7. The molecule has 3 aromatic heterocycles. The van der Waals surface area contributed by atoms with E-state index in [0.29, 0.717) is 41.8 Å². The number of nitrogens with two attached hydrogens (primary N) is 1. The zero-order chi connectivity index (χ0) is 22.8. The number of nitrogen functional groups attached to an aromatic ring is 1. The van der Waals surface area contributed by atoms with Crippen LogP contribution in [0.1, 0.15) is 16.1 Å². The first-order chi connectivity index (χ1) is 16.1. The number of carbonyl (C=O) groups excluding carboxylic acids is 1. The predicted molar refractivity (Wildman–Crippen MR) is 121 cm³/mol. The van der Waals surface area contributed by atoms with Gasteiger partial charge in [-0.3, -0.25) is 14.3 Å². The number of hydrogen-bond donors (Lipinski definition) is 2. The van der Waals surface area contributed by atoms with Crippen LogP contribution in [-0.4, -0.2) is 31.8 Å². The monoisotopic (exact) mass is 444 g/mol. The molecular formula is C23H20N6O4. The fraction of sp³-hybridized carbons (Fsp3) is 0.130. The number of aromatic nitrogens is 4. The summed E-state index contributed by atoms with van der Waals surface area (Å²) in [5, 5.41) is 2.70. The van der Waals surface area contributed by atoms with Crippen LogP contribution in [0.4, 0.5) is 11.6 Å². The Balaban J connectivity index is 1.40. The number of rotatable bonds is 5. The Morgan fingerprint density at radius 3 is 2.70 bits per heavy atom. The quantitative estimate of drug-likeness (QED) is 0.484. The lowest BCUT2D eigenvalue weighted by atomic mass is 10.2. The third kappa shape index (κ3) is 4.06. The van der Waals surface area contributed by atoms with Gasteiger partial charge in [0.05, 0.1) is 37.3 Å². The highest BCUT2D eigenvalue weighted by atomic mass is 16.5. The van der Waals surface area contributed by atoms with Gasteiger partial charge in [0.2, 0.25) is 0 Å². The number of anilines is 2. The summed E-state index contributed by atoms with van der Waals surface area (Å²) in [6, 6.07) is 15.7. The maximum Gasteiger partial charge on any atom is 0.284 e. The van der Waals surface area contributed by atoms with E-state index in [1.807, 2.05) is 30.3 Å². The molecule has 4 heterocycles. The average Bonchev–Trinajstić information content (AvgIpc) is 3.13. The second kappa shape index (κ2) is 8.60. The van der Waals surface area contributed by atoms with Crippen LogP contribution in [-0.2, 0) is 17.9 Å². The number of fused-ring (bicyclic) bond motifs is 1. The molecule has 0 fully saturated rings. The lowest BCUT2D eigenvalue weighted by Gasteiger charge is -2.19. The van der Waals surface area contributed by atoms with Crippen molar-refractivity contribution < 1.29 is 14.3 Å². The molecule has 4 aromatic rings. The van der Waals surface area contributed by atoms with E-state index >= 15 is 0 Å². The number of pyridine rings is 2. The molecular weight excluding hydrogens is 424 g/mol. The van der Waals surface area contributed by atoms with Crippen molar-refractivity contribution in [3.05, 3.63) is 88.6 Å². The van der Waals surface area contributed by atoms with Crippen molar-refractivity contribution >= 4 is 17.5 Å². The zero-order valence-corrected chi connectivity index (χ0v) is 17.5. The molecule has 166 valence electrons. The van der Waals surface area contributed by atoms with Crippen molar-refractivity contribution in [3.8, 4) is 17.2 Å². The van der Waals surface area contributed by atoms with Crippen molar-refractivity contribution in [1.29, 1.82) is 0 Å². The van der Waals surface area contributed by atoms with Gasteiger partial charge in [-0.05, 0) is 30.3 Å². The molecule has 0 unspecified atom stereocenters. The fourth-order valence-electron chi connectivity index (χ4n) is 3.67. The van der Waals surface area contributed by atoms with Gasteiger partial charge in [-0.15, -0.1) is 0 Å². The molecule has 10 heteroatoms. The number of para-hydroxylation sites is 1. The fourth-order valence-corrected chi connectivity index (χ4v) is 3.67. The van der Waals surface area contributed by atoms with Gasteiger partial charge in [-0.25, -0.2) is 14.6 Å². The minimum atomic E-state index is -0.549. The Bertz CT molecular complexity index is 1360. The summed E-state index contributed by atoms with van der Waals surface area (Å²) in [5.41, 5.74) is 6.49. The lowest BCUT2D eigenvalue weighted by molar-refractivity contribution is 0.0756. The second-order valence-electron chi connectivity index (χ2n) is 7.30. The largest absolute Gasteiger partial charge is 0.456 e. The molecule has 3 N–H and O–H groups in total. The van der Waals surface area contributed by atoms with Crippen molar-refractivity contribution in [2.45, 2.75) is 13.2 Å². The molecule has 0 aliphatic carbocycles. The maximum atomic E-state index is 13.2. The second-order valence-corrected chi connectivity index (χ2v) is 7.30. The third-order valence-electron chi connectivity index (χ3n) is 5.13. The highest BCUT2D eigenvalue weighted by Crippen LogP contribution is 2.23. The van der Waals surface area contributed by atoms with Gasteiger partial charge in [-0.1, -0.05) is 18.2 Å².